The Balaban J connectivity index is 1.24. The highest BCUT2D eigenvalue weighted by atomic mass is 15.0. The van der Waals surface area contributed by atoms with E-state index in [0.717, 1.165) is 50.1 Å². The van der Waals surface area contributed by atoms with Crippen LogP contribution in [0.1, 0.15) is 0 Å². The molecule has 0 fully saturated rings. The van der Waals surface area contributed by atoms with Crippen LogP contribution in [0.4, 0.5) is 0 Å². The van der Waals surface area contributed by atoms with E-state index in [-0.39, 0.29) is 0 Å². The number of hydrogen-bond acceptors (Lipinski definition) is 4. The first-order valence-electron chi connectivity index (χ1n) is 18.1. The van der Waals surface area contributed by atoms with Crippen LogP contribution in [-0.2, 0) is 0 Å². The average Bonchev–Trinajstić information content (AvgIpc) is 3.27. The van der Waals surface area contributed by atoms with E-state index in [1.165, 1.54) is 32.3 Å². The second-order valence-electron chi connectivity index (χ2n) is 13.5. The maximum atomic E-state index is 5.15. The van der Waals surface area contributed by atoms with Crippen molar-refractivity contribution in [1.29, 1.82) is 0 Å². The zero-order chi connectivity index (χ0) is 35.8. The lowest BCUT2D eigenvalue weighted by molar-refractivity contribution is 1.07. The maximum Gasteiger partial charge on any atom is 0.164 e. The summed E-state index contributed by atoms with van der Waals surface area (Å²) in [4.78, 5) is 19.6. The Morgan fingerprint density at radius 1 is 0.278 bits per heavy atom. The van der Waals surface area contributed by atoms with Gasteiger partial charge in [0.2, 0.25) is 0 Å². The van der Waals surface area contributed by atoms with Gasteiger partial charge in [0.05, 0.1) is 0 Å². The lowest BCUT2D eigenvalue weighted by Gasteiger charge is -2.16. The van der Waals surface area contributed by atoms with E-state index in [9.17, 15) is 0 Å². The van der Waals surface area contributed by atoms with Crippen LogP contribution in [-0.4, -0.2) is 19.9 Å². The van der Waals surface area contributed by atoms with Crippen LogP contribution in [0.5, 0.6) is 0 Å². The number of aromatic nitrogens is 4. The molecule has 4 nitrogen and oxygen atoms in total. The SMILES string of the molecule is c1ccc(-c2nc(-c3ccccc3)nc(-c3cc(-c4ccc(-c5cccnc5)cc4)cc(-c4cccc5c6ccccc6c6ccccc6c45)c3)n2)cc1. The first-order chi connectivity index (χ1) is 26.8. The number of nitrogens with zero attached hydrogens (tertiary/aromatic N) is 4. The molecule has 2 heterocycles. The summed E-state index contributed by atoms with van der Waals surface area (Å²) in [5, 5.41) is 7.43. The van der Waals surface area contributed by atoms with E-state index in [1.807, 2.05) is 72.9 Å². The van der Waals surface area contributed by atoms with Crippen LogP contribution in [0.3, 0.4) is 0 Å². The van der Waals surface area contributed by atoms with Gasteiger partial charge in [-0.05, 0) is 90.0 Å². The van der Waals surface area contributed by atoms with E-state index in [1.54, 1.807) is 6.20 Å². The van der Waals surface area contributed by atoms with Crippen LogP contribution in [0, 0.1) is 0 Å². The molecule has 4 heteroatoms. The minimum absolute atomic E-state index is 0.619. The van der Waals surface area contributed by atoms with Crippen molar-refractivity contribution in [2.45, 2.75) is 0 Å². The monoisotopic (exact) mass is 688 g/mol. The van der Waals surface area contributed by atoms with E-state index >= 15 is 0 Å². The Kier molecular flexibility index (Phi) is 7.77. The Morgan fingerprint density at radius 2 is 0.722 bits per heavy atom. The highest BCUT2D eigenvalue weighted by molar-refractivity contribution is 6.28. The van der Waals surface area contributed by atoms with Crippen molar-refractivity contribution in [2.75, 3.05) is 0 Å². The first kappa shape index (κ1) is 31.4. The summed E-state index contributed by atoms with van der Waals surface area (Å²) >= 11 is 0. The fraction of sp³-hybridized carbons (Fsp3) is 0. The highest BCUT2D eigenvalue weighted by Crippen LogP contribution is 2.42. The third-order valence-corrected chi connectivity index (χ3v) is 10.2. The summed E-state index contributed by atoms with van der Waals surface area (Å²) in [7, 11) is 0. The predicted octanol–water partition coefficient (Wildman–Crippen LogP) is 12.7. The van der Waals surface area contributed by atoms with Gasteiger partial charge in [0, 0.05) is 29.1 Å². The molecule has 54 heavy (non-hydrogen) atoms. The maximum absolute atomic E-state index is 5.15. The van der Waals surface area contributed by atoms with Gasteiger partial charge >= 0.3 is 0 Å². The van der Waals surface area contributed by atoms with Gasteiger partial charge in [-0.25, -0.2) is 15.0 Å². The average molecular weight is 689 g/mol. The molecule has 0 amide bonds. The molecule has 10 rings (SSSR count). The smallest absolute Gasteiger partial charge is 0.164 e. The molecule has 252 valence electrons. The van der Waals surface area contributed by atoms with E-state index < -0.39 is 0 Å². The lowest BCUT2D eigenvalue weighted by atomic mass is 9.88. The Labute approximate surface area is 313 Å². The van der Waals surface area contributed by atoms with Crippen molar-refractivity contribution in [1.82, 2.24) is 19.9 Å². The van der Waals surface area contributed by atoms with Crippen molar-refractivity contribution in [2.24, 2.45) is 0 Å². The number of fused-ring (bicyclic) bond motifs is 6. The largest absolute Gasteiger partial charge is 0.264 e. The summed E-state index contributed by atoms with van der Waals surface area (Å²) in [6.45, 7) is 0. The Bertz CT molecular complexity index is 2860. The topological polar surface area (TPSA) is 51.6 Å². The van der Waals surface area contributed by atoms with Crippen LogP contribution in [0.15, 0.2) is 194 Å². The van der Waals surface area contributed by atoms with Gasteiger partial charge in [0.25, 0.3) is 0 Å². The van der Waals surface area contributed by atoms with Gasteiger partial charge < -0.3 is 0 Å². The number of benzene rings is 8. The van der Waals surface area contributed by atoms with Crippen LogP contribution < -0.4 is 0 Å². The molecule has 0 bridgehead atoms. The lowest BCUT2D eigenvalue weighted by Crippen LogP contribution is -2.00. The van der Waals surface area contributed by atoms with E-state index in [0.29, 0.717) is 17.5 Å². The van der Waals surface area contributed by atoms with Gasteiger partial charge in [-0.1, -0.05) is 158 Å². The van der Waals surface area contributed by atoms with Crippen molar-refractivity contribution < 1.29 is 0 Å². The fourth-order valence-electron chi connectivity index (χ4n) is 7.60. The standard InChI is InChI=1S/C50H32N4/c1-3-13-35(14-4-1)48-52-49(36-15-5-2-6-16-36)54-50(53-48)40-30-38(34-26-24-33(25-27-34)37-17-12-28-51-32-37)29-39(31-40)41-22-11-23-46-44-19-8-7-18-42(44)43-20-9-10-21-45(43)47(41)46/h1-32H. The van der Waals surface area contributed by atoms with Crippen LogP contribution in [0.2, 0.25) is 0 Å². The summed E-state index contributed by atoms with van der Waals surface area (Å²) in [6, 6.07) is 64.0. The Hall–Kier alpha value is -7.30. The van der Waals surface area contributed by atoms with Crippen LogP contribution in [0.25, 0.3) is 99.9 Å². The molecule has 0 unspecified atom stereocenters. The number of pyridine rings is 1. The highest BCUT2D eigenvalue weighted by Gasteiger charge is 2.17. The molecular formula is C50H32N4. The molecule has 0 radical (unpaired) electrons. The second kappa shape index (κ2) is 13.4. The van der Waals surface area contributed by atoms with Crippen molar-refractivity contribution in [3.63, 3.8) is 0 Å². The van der Waals surface area contributed by atoms with Crippen molar-refractivity contribution >= 4 is 32.3 Å². The summed E-state index contributed by atoms with van der Waals surface area (Å²) in [6.07, 6.45) is 3.70. The van der Waals surface area contributed by atoms with E-state index in [4.69, 9.17) is 15.0 Å². The molecule has 0 saturated carbocycles. The van der Waals surface area contributed by atoms with Crippen molar-refractivity contribution in [3.8, 4) is 67.5 Å². The normalized spacial score (nSPS) is 11.3. The number of hydrogen-bond donors (Lipinski definition) is 0. The zero-order valence-corrected chi connectivity index (χ0v) is 29.3. The molecular weight excluding hydrogens is 657 g/mol. The molecule has 10 aromatic rings. The third kappa shape index (κ3) is 5.67. The first-order valence-corrected chi connectivity index (χ1v) is 18.1. The summed E-state index contributed by atoms with van der Waals surface area (Å²) in [5.74, 6) is 1.89. The van der Waals surface area contributed by atoms with Gasteiger partial charge in [-0.15, -0.1) is 0 Å². The van der Waals surface area contributed by atoms with Gasteiger partial charge in [0.15, 0.2) is 17.5 Å². The van der Waals surface area contributed by atoms with Gasteiger partial charge in [-0.2, -0.15) is 0 Å². The van der Waals surface area contributed by atoms with E-state index in [2.05, 4.69) is 120 Å². The molecule has 0 spiro atoms. The molecule has 0 aliphatic heterocycles. The molecule has 0 aliphatic rings. The molecule has 2 aromatic heterocycles. The molecule has 0 saturated heterocycles. The predicted molar refractivity (Wildman–Crippen MR) is 223 cm³/mol. The van der Waals surface area contributed by atoms with Gasteiger partial charge in [-0.3, -0.25) is 4.98 Å². The van der Waals surface area contributed by atoms with Crippen molar-refractivity contribution in [3.05, 3.63) is 194 Å². The molecule has 0 N–H and O–H groups in total. The van der Waals surface area contributed by atoms with Crippen LogP contribution >= 0.6 is 0 Å². The minimum atomic E-state index is 0.619. The summed E-state index contributed by atoms with van der Waals surface area (Å²) in [5.41, 5.74) is 9.41. The minimum Gasteiger partial charge on any atom is -0.264 e. The molecule has 8 aromatic carbocycles. The zero-order valence-electron chi connectivity index (χ0n) is 29.3. The quantitative estimate of drug-likeness (QED) is 0.163. The molecule has 0 aliphatic carbocycles. The van der Waals surface area contributed by atoms with Gasteiger partial charge in [0.1, 0.15) is 0 Å². The number of rotatable bonds is 6. The summed E-state index contributed by atoms with van der Waals surface area (Å²) < 4.78 is 0. The molecule has 0 atom stereocenters. The fourth-order valence-corrected chi connectivity index (χ4v) is 7.60. The Morgan fingerprint density at radius 3 is 1.30 bits per heavy atom. The third-order valence-electron chi connectivity index (χ3n) is 10.2. The second-order valence-corrected chi connectivity index (χ2v) is 13.5.